The molecule has 2 bridgehead atoms. The Kier molecular flexibility index (Phi) is 7.35. The molecule has 0 spiro atoms. The zero-order chi connectivity index (χ0) is 33.8. The number of benzene rings is 5. The molecule has 7 aromatic rings. The van der Waals surface area contributed by atoms with Gasteiger partial charge in [-0.2, -0.15) is 5.26 Å². The molecule has 5 aromatic carbocycles. The van der Waals surface area contributed by atoms with Crippen LogP contribution in [0.25, 0.3) is 61.7 Å². The van der Waals surface area contributed by atoms with Crippen LogP contribution >= 0.6 is 0 Å². The monoisotopic (exact) mass is 649 g/mol. The quantitative estimate of drug-likeness (QED) is 0.186. The average molecular weight is 650 g/mol. The summed E-state index contributed by atoms with van der Waals surface area (Å²) in [6, 6.07) is 44.3. The minimum atomic E-state index is 0.268. The van der Waals surface area contributed by atoms with Crippen molar-refractivity contribution in [1.29, 1.82) is 5.26 Å². The third-order valence-corrected chi connectivity index (χ3v) is 11.2. The highest BCUT2D eigenvalue weighted by Gasteiger charge is 2.45. The number of aromatic nitrogens is 4. The van der Waals surface area contributed by atoms with Crippen molar-refractivity contribution in [3.63, 3.8) is 0 Å². The van der Waals surface area contributed by atoms with E-state index in [1.54, 1.807) is 0 Å². The Morgan fingerprint density at radius 1 is 0.640 bits per heavy atom. The number of hydrogen-bond donors (Lipinski definition) is 0. The van der Waals surface area contributed by atoms with Crippen LogP contribution in [0, 0.1) is 29.1 Å². The molecular weight excluding hydrogens is 611 g/mol. The van der Waals surface area contributed by atoms with Crippen molar-refractivity contribution in [3.8, 4) is 45.9 Å². The van der Waals surface area contributed by atoms with E-state index in [4.69, 9.17) is 15.0 Å². The first kappa shape index (κ1) is 30.5. The minimum absolute atomic E-state index is 0.268. The minimum Gasteiger partial charge on any atom is -0.308 e. The van der Waals surface area contributed by atoms with Gasteiger partial charge in [0.2, 0.25) is 0 Å². The summed E-state index contributed by atoms with van der Waals surface area (Å²) in [4.78, 5) is 15.5. The molecule has 9 rings (SSSR count). The molecular formula is C45H39N5. The van der Waals surface area contributed by atoms with Gasteiger partial charge in [0.1, 0.15) is 0 Å². The zero-order valence-electron chi connectivity index (χ0n) is 28.6. The SMILES string of the molecule is C[C@@H]1C[C@@H]2C[C@H](C)CC(c3ccc(-c4nc(-c5ccccc5)nc(-c5cccc6c7cc(C#N)ccc7n(-c7ccccc7)c56)n4)cc3)(C1)C2. The van der Waals surface area contributed by atoms with Gasteiger partial charge >= 0.3 is 0 Å². The van der Waals surface area contributed by atoms with E-state index in [9.17, 15) is 5.26 Å². The van der Waals surface area contributed by atoms with Crippen LogP contribution in [0.3, 0.4) is 0 Å². The summed E-state index contributed by atoms with van der Waals surface area (Å²) in [7, 11) is 0. The lowest BCUT2D eigenvalue weighted by atomic mass is 9.54. The number of nitriles is 1. The number of hydrogen-bond acceptors (Lipinski definition) is 4. The van der Waals surface area contributed by atoms with Gasteiger partial charge in [0.25, 0.3) is 0 Å². The summed E-state index contributed by atoms with van der Waals surface area (Å²) >= 11 is 0. The molecule has 0 N–H and O–H groups in total. The Hall–Kier alpha value is -5.60. The first-order chi connectivity index (χ1) is 24.5. The summed E-state index contributed by atoms with van der Waals surface area (Å²) < 4.78 is 2.27. The Labute approximate surface area is 293 Å². The van der Waals surface area contributed by atoms with Gasteiger partial charge in [-0.05, 0) is 97.2 Å². The van der Waals surface area contributed by atoms with E-state index in [1.165, 1.54) is 37.7 Å². The highest BCUT2D eigenvalue weighted by atomic mass is 15.0. The molecule has 2 aliphatic carbocycles. The second kappa shape index (κ2) is 12.1. The molecule has 5 nitrogen and oxygen atoms in total. The van der Waals surface area contributed by atoms with Crippen molar-refractivity contribution in [2.75, 3.05) is 0 Å². The Morgan fingerprint density at radius 3 is 1.96 bits per heavy atom. The molecule has 2 saturated carbocycles. The molecule has 2 aliphatic rings. The lowest BCUT2D eigenvalue weighted by Crippen LogP contribution is -2.42. The fraction of sp³-hybridized carbons (Fsp3) is 0.244. The van der Waals surface area contributed by atoms with Crippen molar-refractivity contribution in [2.24, 2.45) is 17.8 Å². The third kappa shape index (κ3) is 5.18. The molecule has 2 fully saturated rings. The first-order valence-electron chi connectivity index (χ1n) is 17.9. The molecule has 0 amide bonds. The second-order valence-electron chi connectivity index (χ2n) is 14.9. The molecule has 2 aromatic heterocycles. The zero-order valence-corrected chi connectivity index (χ0v) is 28.6. The fourth-order valence-corrected chi connectivity index (χ4v) is 9.54. The maximum absolute atomic E-state index is 9.78. The smallest absolute Gasteiger partial charge is 0.166 e. The van der Waals surface area contributed by atoms with E-state index >= 15 is 0 Å². The molecule has 5 heteroatoms. The van der Waals surface area contributed by atoms with Crippen LogP contribution in [0.2, 0.25) is 0 Å². The van der Waals surface area contributed by atoms with Crippen LogP contribution < -0.4 is 0 Å². The molecule has 0 aliphatic heterocycles. The van der Waals surface area contributed by atoms with Crippen molar-refractivity contribution in [1.82, 2.24) is 19.5 Å². The number of rotatable bonds is 5. The summed E-state index contributed by atoms with van der Waals surface area (Å²) in [6.07, 6.45) is 6.60. The average Bonchev–Trinajstić information content (AvgIpc) is 3.48. The topological polar surface area (TPSA) is 67.4 Å². The predicted octanol–water partition coefficient (Wildman–Crippen LogP) is 10.9. The molecule has 1 unspecified atom stereocenters. The summed E-state index contributed by atoms with van der Waals surface area (Å²) in [6.45, 7) is 4.89. The fourth-order valence-electron chi connectivity index (χ4n) is 9.54. The molecule has 2 heterocycles. The lowest BCUT2D eigenvalue weighted by Gasteiger charge is -2.50. The lowest BCUT2D eigenvalue weighted by molar-refractivity contribution is 0.0780. The van der Waals surface area contributed by atoms with Crippen LogP contribution in [0.1, 0.15) is 57.1 Å². The molecule has 50 heavy (non-hydrogen) atoms. The molecule has 4 atom stereocenters. The normalized spacial score (nSPS) is 21.7. The van der Waals surface area contributed by atoms with Crippen LogP contribution in [-0.4, -0.2) is 19.5 Å². The molecule has 244 valence electrons. The Balaban J connectivity index is 1.23. The maximum atomic E-state index is 9.78. The van der Waals surface area contributed by atoms with Gasteiger partial charge in [0.05, 0.1) is 22.7 Å². The van der Waals surface area contributed by atoms with Crippen LogP contribution in [0.15, 0.2) is 121 Å². The highest BCUT2D eigenvalue weighted by Crippen LogP contribution is 2.54. The van der Waals surface area contributed by atoms with Crippen molar-refractivity contribution < 1.29 is 0 Å². The van der Waals surface area contributed by atoms with Crippen molar-refractivity contribution in [3.05, 3.63) is 132 Å². The van der Waals surface area contributed by atoms with E-state index in [1.807, 2.05) is 42.5 Å². The van der Waals surface area contributed by atoms with Crippen LogP contribution in [-0.2, 0) is 5.41 Å². The summed E-state index contributed by atoms with van der Waals surface area (Å²) in [5.74, 6) is 4.29. The van der Waals surface area contributed by atoms with Crippen molar-refractivity contribution in [2.45, 2.75) is 51.4 Å². The molecule has 0 saturated heterocycles. The van der Waals surface area contributed by atoms with Gasteiger partial charge in [0, 0.05) is 33.2 Å². The van der Waals surface area contributed by atoms with E-state index in [0.29, 0.717) is 23.0 Å². The number of fused-ring (bicyclic) bond motifs is 5. The molecule has 0 radical (unpaired) electrons. The summed E-state index contributed by atoms with van der Waals surface area (Å²) in [5, 5.41) is 11.8. The van der Waals surface area contributed by atoms with Gasteiger partial charge in [-0.15, -0.1) is 0 Å². The third-order valence-electron chi connectivity index (χ3n) is 11.2. The van der Waals surface area contributed by atoms with Crippen LogP contribution in [0.5, 0.6) is 0 Å². The predicted molar refractivity (Wildman–Crippen MR) is 202 cm³/mol. The van der Waals surface area contributed by atoms with Crippen LogP contribution in [0.4, 0.5) is 0 Å². The van der Waals surface area contributed by atoms with Gasteiger partial charge in [0.15, 0.2) is 17.5 Å². The van der Waals surface area contributed by atoms with E-state index < -0.39 is 0 Å². The Morgan fingerprint density at radius 2 is 1.28 bits per heavy atom. The van der Waals surface area contributed by atoms with Gasteiger partial charge in [-0.3, -0.25) is 0 Å². The largest absolute Gasteiger partial charge is 0.308 e. The maximum Gasteiger partial charge on any atom is 0.166 e. The standard InChI is InChI=1S/C45H39N5/c1-29-22-32-23-30(2)26-45(25-29,27-32)35-19-17-34(18-20-35)43-47-42(33-10-5-3-6-11-33)48-44(49-43)38-15-9-14-37-39-24-31(28-46)16-21-40(39)50(41(37)38)36-12-7-4-8-13-36/h3-21,24,29-30,32H,22-23,25-27H2,1-2H3/t29-,30+,32-,45?. The van der Waals surface area contributed by atoms with E-state index in [2.05, 4.69) is 103 Å². The van der Waals surface area contributed by atoms with Gasteiger partial charge in [-0.25, -0.2) is 15.0 Å². The second-order valence-corrected chi connectivity index (χ2v) is 14.9. The number of nitrogens with zero attached hydrogens (tertiary/aromatic N) is 5. The van der Waals surface area contributed by atoms with E-state index in [-0.39, 0.29) is 5.41 Å². The van der Waals surface area contributed by atoms with Gasteiger partial charge in [-0.1, -0.05) is 98.8 Å². The van der Waals surface area contributed by atoms with Gasteiger partial charge < -0.3 is 4.57 Å². The van der Waals surface area contributed by atoms with Crippen molar-refractivity contribution >= 4 is 21.8 Å². The summed E-state index contributed by atoms with van der Waals surface area (Å²) in [5.41, 5.74) is 8.28. The highest BCUT2D eigenvalue weighted by molar-refractivity contribution is 6.13. The number of para-hydroxylation sites is 2. The Bertz CT molecular complexity index is 2380. The first-order valence-corrected chi connectivity index (χ1v) is 17.9. The van der Waals surface area contributed by atoms with E-state index in [0.717, 1.165) is 61.9 Å².